The molecule has 0 saturated carbocycles. The van der Waals surface area contributed by atoms with Crippen molar-refractivity contribution in [1.82, 2.24) is 9.97 Å². The first-order chi connectivity index (χ1) is 5.70. The highest BCUT2D eigenvalue weighted by Crippen LogP contribution is 2.12. The van der Waals surface area contributed by atoms with Crippen molar-refractivity contribution in [3.8, 4) is 0 Å². The number of nitrogens with zero attached hydrogens (tertiary/aromatic N) is 2. The molecule has 0 radical (unpaired) electrons. The molecule has 0 fully saturated rings. The van der Waals surface area contributed by atoms with Gasteiger partial charge in [0, 0.05) is 6.20 Å². The van der Waals surface area contributed by atoms with Crippen LogP contribution in [0.25, 0.3) is 0 Å². The second-order valence-corrected chi connectivity index (χ2v) is 2.72. The second kappa shape index (κ2) is 4.24. The predicted octanol–water partition coefficient (Wildman–Crippen LogP) is 0.691. The third-order valence-corrected chi connectivity index (χ3v) is 1.70. The van der Waals surface area contributed by atoms with Crippen LogP contribution in [0.2, 0.25) is 0 Å². The minimum Gasteiger partial charge on any atom is -0.284 e. The summed E-state index contributed by atoms with van der Waals surface area (Å²) in [6.45, 7) is 1.64. The van der Waals surface area contributed by atoms with Crippen LogP contribution in [0, 0.1) is 0 Å². The summed E-state index contributed by atoms with van der Waals surface area (Å²) in [7, 11) is 0. The number of aromatic nitrogens is 2. The van der Waals surface area contributed by atoms with Gasteiger partial charge >= 0.3 is 11.4 Å². The first kappa shape index (κ1) is 9.24. The summed E-state index contributed by atoms with van der Waals surface area (Å²) in [5, 5.41) is 0. The van der Waals surface area contributed by atoms with Crippen LogP contribution in [-0.4, -0.2) is 18.7 Å². The van der Waals surface area contributed by atoms with Gasteiger partial charge in [0.2, 0.25) is 0 Å². The monoisotopic (exact) mass is 188 g/mol. The molecule has 6 heteroatoms. The van der Waals surface area contributed by atoms with Gasteiger partial charge in [-0.05, 0) is 13.0 Å². The minimum atomic E-state index is -2.26. The quantitative estimate of drug-likeness (QED) is 0.706. The van der Waals surface area contributed by atoms with E-state index in [0.29, 0.717) is 5.69 Å². The van der Waals surface area contributed by atoms with E-state index >= 15 is 0 Å². The highest BCUT2D eigenvalue weighted by Gasteiger charge is 2.09. The van der Waals surface area contributed by atoms with Gasteiger partial charge in [-0.2, -0.15) is 4.21 Å². The third-order valence-electron chi connectivity index (χ3n) is 1.25. The largest absolute Gasteiger partial charge is 0.302 e. The highest BCUT2D eigenvalue weighted by molar-refractivity contribution is 7.74. The van der Waals surface area contributed by atoms with E-state index in [-0.39, 0.29) is 0 Å². The summed E-state index contributed by atoms with van der Waals surface area (Å²) >= 11 is -2.26. The molecule has 0 aliphatic rings. The molecule has 0 spiro atoms. The van der Waals surface area contributed by atoms with Gasteiger partial charge < -0.3 is 0 Å². The van der Waals surface area contributed by atoms with Crippen molar-refractivity contribution in [3.63, 3.8) is 0 Å². The zero-order valence-electron chi connectivity index (χ0n) is 6.38. The van der Waals surface area contributed by atoms with Crippen molar-refractivity contribution in [2.24, 2.45) is 0 Å². The number of hydrogen-bond acceptors (Lipinski definition) is 4. The summed E-state index contributed by atoms with van der Waals surface area (Å²) in [6, 6.07) is 1.62. The van der Waals surface area contributed by atoms with E-state index in [1.807, 2.05) is 0 Å². The molecule has 2 unspecified atom stereocenters. The standard InChI is InChI=1S/C6H8N2O3S/c1-5(11-12(9)10)6-2-3-7-4-8-6/h2-5H,1H3,(H,9,10). The Morgan fingerprint density at radius 1 is 1.75 bits per heavy atom. The lowest BCUT2D eigenvalue weighted by atomic mass is 10.3. The molecule has 1 aromatic heterocycles. The topological polar surface area (TPSA) is 72.3 Å². The fraction of sp³-hybridized carbons (Fsp3) is 0.333. The first-order valence-electron chi connectivity index (χ1n) is 3.24. The van der Waals surface area contributed by atoms with E-state index in [2.05, 4.69) is 14.2 Å². The summed E-state index contributed by atoms with van der Waals surface area (Å²) in [5.41, 5.74) is 0.576. The highest BCUT2D eigenvalue weighted by atomic mass is 32.2. The Morgan fingerprint density at radius 3 is 3.00 bits per heavy atom. The van der Waals surface area contributed by atoms with Crippen LogP contribution in [0.3, 0.4) is 0 Å². The lowest BCUT2D eigenvalue weighted by Gasteiger charge is -2.06. The Kier molecular flexibility index (Phi) is 3.27. The maximum atomic E-state index is 10.2. The minimum absolute atomic E-state index is 0.501. The molecule has 5 nitrogen and oxygen atoms in total. The zero-order chi connectivity index (χ0) is 8.97. The first-order valence-corrected chi connectivity index (χ1v) is 4.27. The Labute approximate surface area is 72.3 Å². The van der Waals surface area contributed by atoms with E-state index in [4.69, 9.17) is 4.55 Å². The van der Waals surface area contributed by atoms with E-state index < -0.39 is 17.5 Å². The summed E-state index contributed by atoms with van der Waals surface area (Å²) in [4.78, 5) is 7.55. The van der Waals surface area contributed by atoms with Crippen molar-refractivity contribution in [3.05, 3.63) is 24.3 Å². The molecule has 12 heavy (non-hydrogen) atoms. The van der Waals surface area contributed by atoms with Crippen molar-refractivity contribution in [1.29, 1.82) is 0 Å². The Bertz CT molecular complexity index is 267. The van der Waals surface area contributed by atoms with Crippen LogP contribution in [0.5, 0.6) is 0 Å². The van der Waals surface area contributed by atoms with Crippen molar-refractivity contribution >= 4 is 11.4 Å². The molecule has 1 aromatic rings. The maximum absolute atomic E-state index is 10.2. The molecule has 0 aromatic carbocycles. The molecule has 0 amide bonds. The molecule has 0 saturated heterocycles. The number of hydrogen-bond donors (Lipinski definition) is 1. The zero-order valence-corrected chi connectivity index (χ0v) is 7.19. The van der Waals surface area contributed by atoms with Gasteiger partial charge in [-0.3, -0.25) is 8.74 Å². The van der Waals surface area contributed by atoms with Gasteiger partial charge in [0.15, 0.2) is 0 Å². The fourth-order valence-corrected chi connectivity index (χ4v) is 1.06. The van der Waals surface area contributed by atoms with Gasteiger partial charge in [-0.25, -0.2) is 9.97 Å². The van der Waals surface area contributed by atoms with Crippen LogP contribution in [0.15, 0.2) is 18.6 Å². The lowest BCUT2D eigenvalue weighted by Crippen LogP contribution is -2.04. The van der Waals surface area contributed by atoms with Crippen LogP contribution >= 0.6 is 0 Å². The predicted molar refractivity (Wildman–Crippen MR) is 42.3 cm³/mol. The van der Waals surface area contributed by atoms with Crippen molar-refractivity contribution < 1.29 is 12.9 Å². The molecule has 66 valence electrons. The van der Waals surface area contributed by atoms with Gasteiger partial charge in [-0.15, -0.1) is 0 Å². The van der Waals surface area contributed by atoms with Crippen LogP contribution in [0.1, 0.15) is 18.7 Å². The molecule has 0 bridgehead atoms. The molecule has 0 aliphatic heterocycles. The SMILES string of the molecule is CC(OS(=O)O)c1ccncn1. The van der Waals surface area contributed by atoms with Gasteiger partial charge in [-0.1, -0.05) is 0 Å². The Balaban J connectivity index is 2.65. The smallest absolute Gasteiger partial charge is 0.284 e. The van der Waals surface area contributed by atoms with E-state index in [9.17, 15) is 4.21 Å². The second-order valence-electron chi connectivity index (χ2n) is 2.09. The molecule has 1 heterocycles. The van der Waals surface area contributed by atoms with Crippen LogP contribution in [-0.2, 0) is 15.5 Å². The van der Waals surface area contributed by atoms with E-state index in [1.54, 1.807) is 19.2 Å². The number of rotatable bonds is 3. The van der Waals surface area contributed by atoms with Crippen LogP contribution in [0.4, 0.5) is 0 Å². The Hall–Kier alpha value is -0.850. The van der Waals surface area contributed by atoms with Gasteiger partial charge in [0.05, 0.1) is 5.69 Å². The van der Waals surface area contributed by atoms with Gasteiger partial charge in [0.1, 0.15) is 12.4 Å². The molecule has 1 N–H and O–H groups in total. The molecule has 2 atom stereocenters. The fourth-order valence-electron chi connectivity index (χ4n) is 0.714. The van der Waals surface area contributed by atoms with Gasteiger partial charge in [0.25, 0.3) is 0 Å². The lowest BCUT2D eigenvalue weighted by molar-refractivity contribution is 0.222. The Morgan fingerprint density at radius 2 is 2.50 bits per heavy atom. The molecule has 1 rings (SSSR count). The average Bonchev–Trinajstić information content (AvgIpc) is 2.05. The molecular formula is C6H8N2O3S. The third kappa shape index (κ3) is 2.65. The summed E-state index contributed by atoms with van der Waals surface area (Å²) in [6.07, 6.45) is 2.40. The molecular weight excluding hydrogens is 180 g/mol. The van der Waals surface area contributed by atoms with E-state index in [1.165, 1.54) is 6.33 Å². The molecule has 0 aliphatic carbocycles. The summed E-state index contributed by atoms with van der Waals surface area (Å²) < 4.78 is 23.2. The van der Waals surface area contributed by atoms with E-state index in [0.717, 1.165) is 0 Å². The normalized spacial score (nSPS) is 15.5. The van der Waals surface area contributed by atoms with Crippen LogP contribution < -0.4 is 0 Å². The maximum Gasteiger partial charge on any atom is 0.302 e. The summed E-state index contributed by atoms with van der Waals surface area (Å²) in [5.74, 6) is 0. The van der Waals surface area contributed by atoms with Crippen molar-refractivity contribution in [2.45, 2.75) is 13.0 Å². The average molecular weight is 188 g/mol. The van der Waals surface area contributed by atoms with Crippen molar-refractivity contribution in [2.75, 3.05) is 0 Å².